The maximum Gasteiger partial charge on any atom is 0.319 e. The second-order valence-corrected chi connectivity index (χ2v) is 5.86. The zero-order valence-electron chi connectivity index (χ0n) is 13.5. The van der Waals surface area contributed by atoms with Gasteiger partial charge in [-0.1, -0.05) is 18.2 Å². The van der Waals surface area contributed by atoms with Crippen molar-refractivity contribution in [1.82, 2.24) is 10.2 Å². The molecule has 1 aliphatic rings. The molecule has 0 aromatic heterocycles. The Bertz CT molecular complexity index is 526. The Labute approximate surface area is 143 Å². The van der Waals surface area contributed by atoms with Gasteiger partial charge < -0.3 is 21.3 Å². The molecule has 7 heteroatoms. The number of carbonyl (C=O) groups is 2. The quantitative estimate of drug-likeness (QED) is 0.781. The first-order valence-corrected chi connectivity index (χ1v) is 7.64. The van der Waals surface area contributed by atoms with Crippen LogP contribution >= 0.6 is 12.4 Å². The molecule has 0 radical (unpaired) electrons. The minimum absolute atomic E-state index is 0. The number of para-hydroxylation sites is 1. The maximum absolute atomic E-state index is 12.4. The van der Waals surface area contributed by atoms with Gasteiger partial charge in [0, 0.05) is 18.3 Å². The molecule has 1 heterocycles. The molecule has 0 saturated carbocycles. The van der Waals surface area contributed by atoms with Crippen LogP contribution in [0.3, 0.4) is 0 Å². The standard InChI is InChI=1S/C16H24N4O2.ClH/c1-11-8-13(9-17)10-20(11)15(21)12(2)18-16(22)19-14-6-4-3-5-7-14;/h3-7,11-13H,8-10,17H2,1-2H3,(H2,18,19,22);1H. The van der Waals surface area contributed by atoms with E-state index in [-0.39, 0.29) is 30.4 Å². The number of benzene rings is 1. The summed E-state index contributed by atoms with van der Waals surface area (Å²) in [6, 6.07) is 8.35. The van der Waals surface area contributed by atoms with E-state index in [9.17, 15) is 9.59 Å². The second kappa shape index (κ2) is 8.74. The summed E-state index contributed by atoms with van der Waals surface area (Å²) >= 11 is 0. The van der Waals surface area contributed by atoms with E-state index in [0.717, 1.165) is 6.42 Å². The molecule has 1 aromatic rings. The van der Waals surface area contributed by atoms with Crippen molar-refractivity contribution in [3.05, 3.63) is 30.3 Å². The highest BCUT2D eigenvalue weighted by atomic mass is 35.5. The molecular formula is C16H25ClN4O2. The van der Waals surface area contributed by atoms with Gasteiger partial charge in [0.15, 0.2) is 0 Å². The molecule has 4 N–H and O–H groups in total. The number of hydrogen-bond acceptors (Lipinski definition) is 3. The molecule has 6 nitrogen and oxygen atoms in total. The van der Waals surface area contributed by atoms with Crippen LogP contribution in [0.2, 0.25) is 0 Å². The van der Waals surface area contributed by atoms with Crippen LogP contribution in [0.4, 0.5) is 10.5 Å². The van der Waals surface area contributed by atoms with Crippen molar-refractivity contribution < 1.29 is 9.59 Å². The Hall–Kier alpha value is -1.79. The molecule has 3 unspecified atom stereocenters. The zero-order chi connectivity index (χ0) is 16.1. The molecule has 3 amide bonds. The molecule has 128 valence electrons. The SMILES string of the molecule is CC(NC(=O)Nc1ccccc1)C(=O)N1CC(CN)CC1C.Cl. The Morgan fingerprint density at radius 2 is 2.00 bits per heavy atom. The van der Waals surface area contributed by atoms with Gasteiger partial charge >= 0.3 is 6.03 Å². The third-order valence-corrected chi connectivity index (χ3v) is 4.03. The average Bonchev–Trinajstić information content (AvgIpc) is 2.88. The smallest absolute Gasteiger partial charge is 0.319 e. The fourth-order valence-corrected chi connectivity index (χ4v) is 2.82. The predicted octanol–water partition coefficient (Wildman–Crippen LogP) is 1.81. The number of nitrogens with zero attached hydrogens (tertiary/aromatic N) is 1. The number of anilines is 1. The zero-order valence-corrected chi connectivity index (χ0v) is 14.3. The summed E-state index contributed by atoms with van der Waals surface area (Å²) in [7, 11) is 0. The third-order valence-electron chi connectivity index (χ3n) is 4.03. The van der Waals surface area contributed by atoms with E-state index in [4.69, 9.17) is 5.73 Å². The van der Waals surface area contributed by atoms with Gasteiger partial charge in [-0.15, -0.1) is 12.4 Å². The van der Waals surface area contributed by atoms with Crippen molar-refractivity contribution in [2.24, 2.45) is 11.7 Å². The lowest BCUT2D eigenvalue weighted by atomic mass is 10.1. The number of urea groups is 1. The van der Waals surface area contributed by atoms with Gasteiger partial charge in [-0.3, -0.25) is 4.79 Å². The van der Waals surface area contributed by atoms with Gasteiger partial charge in [0.25, 0.3) is 0 Å². The van der Waals surface area contributed by atoms with Crippen molar-refractivity contribution in [3.63, 3.8) is 0 Å². The topological polar surface area (TPSA) is 87.5 Å². The highest BCUT2D eigenvalue weighted by Crippen LogP contribution is 2.22. The fraction of sp³-hybridized carbons (Fsp3) is 0.500. The Morgan fingerprint density at radius 3 is 2.57 bits per heavy atom. The van der Waals surface area contributed by atoms with E-state index < -0.39 is 6.04 Å². The third kappa shape index (κ3) is 5.11. The monoisotopic (exact) mass is 340 g/mol. The molecular weight excluding hydrogens is 316 g/mol. The Balaban J connectivity index is 0.00000264. The van der Waals surface area contributed by atoms with Gasteiger partial charge in [0.1, 0.15) is 6.04 Å². The van der Waals surface area contributed by atoms with E-state index in [2.05, 4.69) is 10.6 Å². The van der Waals surface area contributed by atoms with Crippen molar-refractivity contribution in [1.29, 1.82) is 0 Å². The maximum atomic E-state index is 12.4. The summed E-state index contributed by atoms with van der Waals surface area (Å²) < 4.78 is 0. The molecule has 2 rings (SSSR count). The van der Waals surface area contributed by atoms with Crippen LogP contribution in [0.25, 0.3) is 0 Å². The first kappa shape index (κ1) is 19.3. The molecule has 1 aliphatic heterocycles. The lowest BCUT2D eigenvalue weighted by molar-refractivity contribution is -0.133. The van der Waals surface area contributed by atoms with Crippen LogP contribution in [0.5, 0.6) is 0 Å². The number of nitrogens with one attached hydrogen (secondary N) is 2. The van der Waals surface area contributed by atoms with Crippen molar-refractivity contribution in [3.8, 4) is 0 Å². The van der Waals surface area contributed by atoms with Crippen molar-refractivity contribution in [2.45, 2.75) is 32.4 Å². The Morgan fingerprint density at radius 1 is 1.35 bits per heavy atom. The number of likely N-dealkylation sites (tertiary alicyclic amines) is 1. The first-order chi connectivity index (χ1) is 10.5. The lowest BCUT2D eigenvalue weighted by Gasteiger charge is -2.25. The van der Waals surface area contributed by atoms with E-state index in [0.29, 0.717) is 24.7 Å². The predicted molar refractivity (Wildman–Crippen MR) is 93.6 cm³/mol. The van der Waals surface area contributed by atoms with Gasteiger partial charge in [-0.2, -0.15) is 0 Å². The molecule has 1 saturated heterocycles. The van der Waals surface area contributed by atoms with Gasteiger partial charge in [-0.05, 0) is 44.9 Å². The van der Waals surface area contributed by atoms with Gasteiger partial charge in [0.05, 0.1) is 0 Å². The summed E-state index contributed by atoms with van der Waals surface area (Å²) in [6.07, 6.45) is 0.922. The number of carbonyl (C=O) groups excluding carboxylic acids is 2. The summed E-state index contributed by atoms with van der Waals surface area (Å²) in [5, 5.41) is 5.39. The van der Waals surface area contributed by atoms with Crippen molar-refractivity contribution >= 4 is 30.0 Å². The summed E-state index contributed by atoms with van der Waals surface area (Å²) in [4.78, 5) is 26.2. The molecule has 0 spiro atoms. The number of hydrogen-bond donors (Lipinski definition) is 3. The van der Waals surface area contributed by atoms with Crippen LogP contribution in [-0.2, 0) is 4.79 Å². The number of amides is 3. The summed E-state index contributed by atoms with van der Waals surface area (Å²) in [5.74, 6) is 0.288. The molecule has 23 heavy (non-hydrogen) atoms. The number of rotatable bonds is 4. The average molecular weight is 341 g/mol. The summed E-state index contributed by atoms with van der Waals surface area (Å²) in [6.45, 7) is 4.98. The van der Waals surface area contributed by atoms with E-state index in [1.807, 2.05) is 30.0 Å². The minimum atomic E-state index is -0.567. The number of halogens is 1. The Kier molecular flexibility index (Phi) is 7.32. The molecule has 1 aromatic carbocycles. The van der Waals surface area contributed by atoms with Gasteiger partial charge in [-0.25, -0.2) is 4.79 Å². The first-order valence-electron chi connectivity index (χ1n) is 7.64. The van der Waals surface area contributed by atoms with Crippen LogP contribution in [0, 0.1) is 5.92 Å². The van der Waals surface area contributed by atoms with E-state index >= 15 is 0 Å². The second-order valence-electron chi connectivity index (χ2n) is 5.86. The van der Waals surface area contributed by atoms with Crippen LogP contribution in [-0.4, -0.2) is 42.0 Å². The van der Waals surface area contributed by atoms with Gasteiger partial charge in [0.2, 0.25) is 5.91 Å². The molecule has 0 aliphatic carbocycles. The highest BCUT2D eigenvalue weighted by Gasteiger charge is 2.34. The molecule has 0 bridgehead atoms. The van der Waals surface area contributed by atoms with E-state index in [1.54, 1.807) is 19.1 Å². The summed E-state index contributed by atoms with van der Waals surface area (Å²) in [5.41, 5.74) is 6.38. The normalized spacial score (nSPS) is 21.3. The lowest BCUT2D eigenvalue weighted by Crippen LogP contribution is -2.49. The number of nitrogens with two attached hydrogens (primary N) is 1. The van der Waals surface area contributed by atoms with Crippen molar-refractivity contribution in [2.75, 3.05) is 18.4 Å². The minimum Gasteiger partial charge on any atom is -0.338 e. The fourth-order valence-electron chi connectivity index (χ4n) is 2.82. The van der Waals surface area contributed by atoms with E-state index in [1.165, 1.54) is 0 Å². The van der Waals surface area contributed by atoms with Crippen LogP contribution in [0.1, 0.15) is 20.3 Å². The molecule has 1 fully saturated rings. The van der Waals surface area contributed by atoms with Crippen LogP contribution in [0.15, 0.2) is 30.3 Å². The highest BCUT2D eigenvalue weighted by molar-refractivity contribution is 5.93. The largest absolute Gasteiger partial charge is 0.338 e. The molecule has 3 atom stereocenters. The van der Waals surface area contributed by atoms with Crippen LogP contribution < -0.4 is 16.4 Å².